The standard InChI is InChI=1S/C31H26ClN3O5S/c1-40-28-18-25(36)15-10-21(28)16-27(35-30(38)20-6-3-2-4-7-20)31(39)34-24-8-5-9-26(17-24)41-19-29(37)33-23-13-11-22(32)12-14-23/h2-18,36H,19H2,1H3,(H,33,37)(H,34,39)(H,35,38)/b27-16+. The lowest BCUT2D eigenvalue weighted by Crippen LogP contribution is -2.30. The summed E-state index contributed by atoms with van der Waals surface area (Å²) in [6, 6.07) is 26.8. The molecule has 0 aliphatic rings. The summed E-state index contributed by atoms with van der Waals surface area (Å²) in [6.07, 6.45) is 1.47. The smallest absolute Gasteiger partial charge is 0.272 e. The Balaban J connectivity index is 1.49. The number of ether oxygens (including phenoxy) is 1. The van der Waals surface area contributed by atoms with Crippen LogP contribution >= 0.6 is 23.4 Å². The van der Waals surface area contributed by atoms with Crippen LogP contribution in [-0.4, -0.2) is 35.7 Å². The lowest BCUT2D eigenvalue weighted by Gasteiger charge is -2.13. The van der Waals surface area contributed by atoms with Gasteiger partial charge in [-0.05, 0) is 72.8 Å². The van der Waals surface area contributed by atoms with Crippen molar-refractivity contribution in [1.29, 1.82) is 0 Å². The molecule has 41 heavy (non-hydrogen) atoms. The summed E-state index contributed by atoms with van der Waals surface area (Å²) in [4.78, 5) is 39.4. The molecule has 4 aromatic rings. The molecule has 0 bridgehead atoms. The monoisotopic (exact) mass is 587 g/mol. The van der Waals surface area contributed by atoms with E-state index in [1.165, 1.54) is 37.1 Å². The van der Waals surface area contributed by atoms with Gasteiger partial charge >= 0.3 is 0 Å². The number of phenolic OH excluding ortho intramolecular Hbond substituents is 1. The van der Waals surface area contributed by atoms with Gasteiger partial charge in [-0.2, -0.15) is 0 Å². The van der Waals surface area contributed by atoms with Crippen LogP contribution in [0.15, 0.2) is 108 Å². The maximum atomic E-state index is 13.4. The van der Waals surface area contributed by atoms with Crippen LogP contribution in [0.2, 0.25) is 5.02 Å². The highest BCUT2D eigenvalue weighted by Crippen LogP contribution is 2.27. The van der Waals surface area contributed by atoms with E-state index in [1.807, 2.05) is 6.07 Å². The fourth-order valence-electron chi connectivity index (χ4n) is 3.66. The molecule has 3 amide bonds. The number of halogens is 1. The van der Waals surface area contributed by atoms with Crippen molar-refractivity contribution in [1.82, 2.24) is 5.32 Å². The van der Waals surface area contributed by atoms with Gasteiger partial charge in [0.05, 0.1) is 12.9 Å². The first kappa shape index (κ1) is 29.3. The third kappa shape index (κ3) is 8.63. The molecule has 0 unspecified atom stereocenters. The quantitative estimate of drug-likeness (QED) is 0.130. The largest absolute Gasteiger partial charge is 0.508 e. The molecule has 0 saturated heterocycles. The molecule has 0 spiro atoms. The first-order valence-electron chi connectivity index (χ1n) is 12.4. The number of phenols is 1. The number of benzene rings is 4. The van der Waals surface area contributed by atoms with E-state index in [9.17, 15) is 19.5 Å². The van der Waals surface area contributed by atoms with Crippen LogP contribution in [0.1, 0.15) is 15.9 Å². The first-order valence-corrected chi connectivity index (χ1v) is 13.7. The summed E-state index contributed by atoms with van der Waals surface area (Å²) in [5, 5.41) is 18.7. The number of rotatable bonds is 10. The Hall–Kier alpha value is -4.73. The molecule has 10 heteroatoms. The highest BCUT2D eigenvalue weighted by Gasteiger charge is 2.17. The Labute approximate surface area is 246 Å². The fraction of sp³-hybridized carbons (Fsp3) is 0.0645. The zero-order valence-electron chi connectivity index (χ0n) is 21.9. The molecule has 4 rings (SSSR count). The van der Waals surface area contributed by atoms with Crippen LogP contribution in [0.5, 0.6) is 11.5 Å². The predicted molar refractivity (Wildman–Crippen MR) is 162 cm³/mol. The van der Waals surface area contributed by atoms with Crippen molar-refractivity contribution >= 4 is 58.5 Å². The van der Waals surface area contributed by atoms with Gasteiger partial charge in [-0.15, -0.1) is 11.8 Å². The van der Waals surface area contributed by atoms with Crippen LogP contribution in [0, 0.1) is 0 Å². The number of anilines is 2. The number of aromatic hydroxyl groups is 1. The zero-order chi connectivity index (χ0) is 29.2. The molecule has 0 radical (unpaired) electrons. The molecule has 4 aromatic carbocycles. The van der Waals surface area contributed by atoms with Crippen LogP contribution in [-0.2, 0) is 9.59 Å². The maximum Gasteiger partial charge on any atom is 0.272 e. The number of carbonyl (C=O) groups excluding carboxylic acids is 3. The van der Waals surface area contributed by atoms with Crippen molar-refractivity contribution in [3.63, 3.8) is 0 Å². The minimum Gasteiger partial charge on any atom is -0.508 e. The van der Waals surface area contributed by atoms with E-state index in [1.54, 1.807) is 78.9 Å². The average Bonchev–Trinajstić information content (AvgIpc) is 2.98. The molecule has 0 aliphatic carbocycles. The molecule has 8 nitrogen and oxygen atoms in total. The van der Waals surface area contributed by atoms with Gasteiger partial charge in [0.25, 0.3) is 11.8 Å². The highest BCUT2D eigenvalue weighted by atomic mass is 35.5. The van der Waals surface area contributed by atoms with E-state index in [0.717, 1.165) is 4.90 Å². The molecule has 0 heterocycles. The summed E-state index contributed by atoms with van der Waals surface area (Å²) in [5.41, 5.74) is 1.92. The first-order chi connectivity index (χ1) is 19.8. The number of thioether (sulfide) groups is 1. The topological polar surface area (TPSA) is 117 Å². The van der Waals surface area contributed by atoms with Crippen molar-refractivity contribution in [2.75, 3.05) is 23.5 Å². The van der Waals surface area contributed by atoms with Crippen molar-refractivity contribution in [3.8, 4) is 11.5 Å². The van der Waals surface area contributed by atoms with Crippen molar-refractivity contribution in [2.45, 2.75) is 4.90 Å². The molecule has 0 fully saturated rings. The molecule has 0 saturated carbocycles. The van der Waals surface area contributed by atoms with Crippen molar-refractivity contribution < 1.29 is 24.2 Å². The van der Waals surface area contributed by atoms with E-state index in [4.69, 9.17) is 16.3 Å². The Morgan fingerprint density at radius 1 is 0.878 bits per heavy atom. The number of hydrogen-bond donors (Lipinski definition) is 4. The van der Waals surface area contributed by atoms with Gasteiger partial charge in [0.1, 0.15) is 17.2 Å². The van der Waals surface area contributed by atoms with Gasteiger partial charge < -0.3 is 25.8 Å². The Morgan fingerprint density at radius 2 is 1.63 bits per heavy atom. The number of carbonyl (C=O) groups is 3. The average molecular weight is 588 g/mol. The minimum absolute atomic E-state index is 0.00511. The summed E-state index contributed by atoms with van der Waals surface area (Å²) >= 11 is 7.19. The summed E-state index contributed by atoms with van der Waals surface area (Å²) < 4.78 is 5.33. The van der Waals surface area contributed by atoms with Gasteiger partial charge in [0, 0.05) is 38.5 Å². The second-order valence-corrected chi connectivity index (χ2v) is 10.1. The van der Waals surface area contributed by atoms with Gasteiger partial charge in [0.15, 0.2) is 0 Å². The van der Waals surface area contributed by atoms with E-state index in [2.05, 4.69) is 16.0 Å². The minimum atomic E-state index is -0.577. The SMILES string of the molecule is COc1cc(O)ccc1/C=C(/NC(=O)c1ccccc1)C(=O)Nc1cccc(SCC(=O)Nc2ccc(Cl)cc2)c1. The van der Waals surface area contributed by atoms with Crippen LogP contribution < -0.4 is 20.7 Å². The molecule has 0 atom stereocenters. The summed E-state index contributed by atoms with van der Waals surface area (Å²) in [5.74, 6) is -0.774. The molecule has 208 valence electrons. The Morgan fingerprint density at radius 3 is 2.37 bits per heavy atom. The second kappa shape index (κ2) is 14.1. The lowest BCUT2D eigenvalue weighted by molar-refractivity contribution is -0.114. The fourth-order valence-corrected chi connectivity index (χ4v) is 4.54. The lowest BCUT2D eigenvalue weighted by atomic mass is 10.1. The molecule has 0 aromatic heterocycles. The van der Waals surface area contributed by atoms with Gasteiger partial charge in [-0.25, -0.2) is 0 Å². The van der Waals surface area contributed by atoms with Gasteiger partial charge in [0.2, 0.25) is 5.91 Å². The second-order valence-electron chi connectivity index (χ2n) is 8.63. The number of nitrogens with one attached hydrogen (secondary N) is 3. The third-order valence-corrected chi connectivity index (χ3v) is 6.88. The predicted octanol–water partition coefficient (Wildman–Crippen LogP) is 6.19. The molecular weight excluding hydrogens is 562 g/mol. The van der Waals surface area contributed by atoms with E-state index in [0.29, 0.717) is 33.3 Å². The summed E-state index contributed by atoms with van der Waals surface area (Å²) in [6.45, 7) is 0. The van der Waals surface area contributed by atoms with Crippen LogP contribution in [0.3, 0.4) is 0 Å². The number of amides is 3. The van der Waals surface area contributed by atoms with E-state index >= 15 is 0 Å². The molecule has 4 N–H and O–H groups in total. The molecular formula is C31H26ClN3O5S. The van der Waals surface area contributed by atoms with Gasteiger partial charge in [-0.1, -0.05) is 35.9 Å². The van der Waals surface area contributed by atoms with Crippen molar-refractivity contribution in [3.05, 3.63) is 119 Å². The van der Waals surface area contributed by atoms with Gasteiger partial charge in [-0.3, -0.25) is 14.4 Å². The zero-order valence-corrected chi connectivity index (χ0v) is 23.5. The number of methoxy groups -OCH3 is 1. The molecule has 0 aliphatic heterocycles. The van der Waals surface area contributed by atoms with E-state index < -0.39 is 11.8 Å². The maximum absolute atomic E-state index is 13.4. The Kier molecular flexibility index (Phi) is 10.0. The van der Waals surface area contributed by atoms with Crippen LogP contribution in [0.25, 0.3) is 6.08 Å². The Bertz CT molecular complexity index is 1580. The summed E-state index contributed by atoms with van der Waals surface area (Å²) in [7, 11) is 1.44. The van der Waals surface area contributed by atoms with Crippen LogP contribution in [0.4, 0.5) is 11.4 Å². The third-order valence-electron chi connectivity index (χ3n) is 5.64. The highest BCUT2D eigenvalue weighted by molar-refractivity contribution is 8.00. The van der Waals surface area contributed by atoms with Crippen molar-refractivity contribution in [2.24, 2.45) is 0 Å². The number of hydrogen-bond acceptors (Lipinski definition) is 6. The normalized spacial score (nSPS) is 10.9. The van der Waals surface area contributed by atoms with E-state index in [-0.39, 0.29) is 23.1 Å².